The molecule has 1 heterocycles. The summed E-state index contributed by atoms with van der Waals surface area (Å²) < 4.78 is 50.4. The Labute approximate surface area is 133 Å². The van der Waals surface area contributed by atoms with Crippen molar-refractivity contribution >= 4 is 16.0 Å². The zero-order chi connectivity index (χ0) is 16.9. The van der Waals surface area contributed by atoms with Crippen molar-refractivity contribution in [3.8, 4) is 5.75 Å². The molecule has 1 aromatic carbocycles. The van der Waals surface area contributed by atoms with E-state index in [1.807, 2.05) is 0 Å². The van der Waals surface area contributed by atoms with Crippen molar-refractivity contribution < 1.29 is 32.2 Å². The van der Waals surface area contributed by atoms with Gasteiger partial charge in [-0.1, -0.05) is 0 Å². The average Bonchev–Trinajstić information content (AvgIpc) is 2.98. The summed E-state index contributed by atoms with van der Waals surface area (Å²) in [4.78, 5) is 10.1. The van der Waals surface area contributed by atoms with Gasteiger partial charge in [-0.25, -0.2) is 17.5 Å². The van der Waals surface area contributed by atoms with Crippen LogP contribution < -0.4 is 9.46 Å². The van der Waals surface area contributed by atoms with Crippen molar-refractivity contribution in [2.24, 2.45) is 5.92 Å². The summed E-state index contributed by atoms with van der Waals surface area (Å²) in [6.45, 7) is 1.27. The predicted molar refractivity (Wildman–Crippen MR) is 78.3 cm³/mol. The molecule has 0 spiro atoms. The third kappa shape index (κ3) is 5.15. The molecule has 1 atom stereocenters. The van der Waals surface area contributed by atoms with E-state index < -0.39 is 21.8 Å². The van der Waals surface area contributed by atoms with Gasteiger partial charge in [0.1, 0.15) is 0 Å². The summed E-state index contributed by atoms with van der Waals surface area (Å²) in [6.07, 6.45) is 0.494. The zero-order valence-electron chi connectivity index (χ0n) is 12.3. The first-order valence-corrected chi connectivity index (χ1v) is 8.58. The van der Waals surface area contributed by atoms with E-state index in [2.05, 4.69) is 4.72 Å². The highest BCUT2D eigenvalue weighted by molar-refractivity contribution is 7.89. The van der Waals surface area contributed by atoms with E-state index in [1.165, 1.54) is 12.1 Å². The molecule has 23 heavy (non-hydrogen) atoms. The molecule has 1 fully saturated rings. The molecule has 1 unspecified atom stereocenters. The van der Waals surface area contributed by atoms with Crippen LogP contribution in [-0.4, -0.2) is 45.9 Å². The number of benzene rings is 1. The maximum Gasteiger partial charge on any atom is 0.304 e. The van der Waals surface area contributed by atoms with Gasteiger partial charge in [0.05, 0.1) is 24.5 Å². The average molecular weight is 347 g/mol. The fourth-order valence-electron chi connectivity index (χ4n) is 2.06. The van der Waals surface area contributed by atoms with Crippen LogP contribution in [0.25, 0.3) is 0 Å². The van der Waals surface area contributed by atoms with Crippen LogP contribution in [0.1, 0.15) is 12.8 Å². The first-order valence-electron chi connectivity index (χ1n) is 7.10. The SMILES string of the molecule is O=C(O)CCNS(=O)(=O)c1ccc(OCC2CCOC2)c(F)c1. The van der Waals surface area contributed by atoms with E-state index in [4.69, 9.17) is 14.6 Å². The second-order valence-electron chi connectivity index (χ2n) is 5.17. The van der Waals surface area contributed by atoms with Gasteiger partial charge in [-0.3, -0.25) is 4.79 Å². The standard InChI is InChI=1S/C14H18FNO6S/c15-12-7-11(23(19,20)16-5-3-14(17)18)1-2-13(12)22-9-10-4-6-21-8-10/h1-2,7,10,16H,3-6,8-9H2,(H,17,18). The van der Waals surface area contributed by atoms with Gasteiger partial charge in [-0.15, -0.1) is 0 Å². The van der Waals surface area contributed by atoms with E-state index >= 15 is 0 Å². The monoisotopic (exact) mass is 347 g/mol. The van der Waals surface area contributed by atoms with Gasteiger partial charge in [0.2, 0.25) is 10.0 Å². The molecule has 1 aromatic rings. The molecular formula is C14H18FNO6S. The van der Waals surface area contributed by atoms with E-state index in [0.717, 1.165) is 12.5 Å². The third-order valence-corrected chi connectivity index (χ3v) is 4.80. The quantitative estimate of drug-likeness (QED) is 0.727. The summed E-state index contributed by atoms with van der Waals surface area (Å²) in [5.41, 5.74) is 0. The van der Waals surface area contributed by atoms with Crippen molar-refractivity contribution in [2.45, 2.75) is 17.7 Å². The summed E-state index contributed by atoms with van der Waals surface area (Å²) in [7, 11) is -3.95. The van der Waals surface area contributed by atoms with E-state index in [9.17, 15) is 17.6 Å². The molecule has 7 nitrogen and oxygen atoms in total. The Morgan fingerprint density at radius 3 is 2.87 bits per heavy atom. The molecule has 1 aliphatic rings. The van der Waals surface area contributed by atoms with Crippen molar-refractivity contribution in [1.82, 2.24) is 4.72 Å². The molecule has 0 aliphatic carbocycles. The lowest BCUT2D eigenvalue weighted by atomic mass is 10.1. The first-order chi connectivity index (χ1) is 10.9. The molecule has 0 radical (unpaired) electrons. The number of sulfonamides is 1. The molecule has 0 bridgehead atoms. The number of rotatable bonds is 8. The molecule has 1 saturated heterocycles. The van der Waals surface area contributed by atoms with Crippen LogP contribution >= 0.6 is 0 Å². The van der Waals surface area contributed by atoms with Crippen LogP contribution in [0.2, 0.25) is 0 Å². The third-order valence-electron chi connectivity index (χ3n) is 3.34. The van der Waals surface area contributed by atoms with E-state index in [-0.39, 0.29) is 29.5 Å². The number of carbonyl (C=O) groups is 1. The van der Waals surface area contributed by atoms with Crippen LogP contribution in [0.5, 0.6) is 5.75 Å². The highest BCUT2D eigenvalue weighted by Gasteiger charge is 2.19. The lowest BCUT2D eigenvalue weighted by Crippen LogP contribution is -2.26. The number of halogens is 1. The van der Waals surface area contributed by atoms with Gasteiger partial charge in [-0.2, -0.15) is 0 Å². The smallest absolute Gasteiger partial charge is 0.304 e. The molecular weight excluding hydrogens is 329 g/mol. The highest BCUT2D eigenvalue weighted by atomic mass is 32.2. The summed E-state index contributed by atoms with van der Waals surface area (Å²) in [6, 6.07) is 3.31. The van der Waals surface area contributed by atoms with Gasteiger partial charge in [-0.05, 0) is 24.6 Å². The van der Waals surface area contributed by atoms with Crippen molar-refractivity contribution in [3.63, 3.8) is 0 Å². The maximum atomic E-state index is 14.0. The van der Waals surface area contributed by atoms with Crippen LogP contribution in [0.3, 0.4) is 0 Å². The zero-order valence-corrected chi connectivity index (χ0v) is 13.1. The minimum Gasteiger partial charge on any atom is -0.490 e. The number of hydrogen-bond donors (Lipinski definition) is 2. The molecule has 9 heteroatoms. The number of nitrogens with one attached hydrogen (secondary N) is 1. The fourth-order valence-corrected chi connectivity index (χ4v) is 3.11. The van der Waals surface area contributed by atoms with E-state index in [1.54, 1.807) is 0 Å². The second kappa shape index (κ2) is 7.71. The van der Waals surface area contributed by atoms with Gasteiger partial charge in [0.15, 0.2) is 11.6 Å². The second-order valence-corrected chi connectivity index (χ2v) is 6.94. The number of aliphatic carboxylic acids is 1. The Morgan fingerprint density at radius 1 is 1.48 bits per heavy atom. The van der Waals surface area contributed by atoms with Gasteiger partial charge < -0.3 is 14.6 Å². The number of carboxylic acid groups (broad SMARTS) is 1. The Morgan fingerprint density at radius 2 is 2.26 bits per heavy atom. The van der Waals surface area contributed by atoms with Gasteiger partial charge in [0.25, 0.3) is 0 Å². The summed E-state index contributed by atoms with van der Waals surface area (Å²) >= 11 is 0. The highest BCUT2D eigenvalue weighted by Crippen LogP contribution is 2.22. The van der Waals surface area contributed by atoms with Crippen LogP contribution in [0.15, 0.2) is 23.1 Å². The molecule has 0 amide bonds. The Hall–Kier alpha value is -1.71. The van der Waals surface area contributed by atoms with Gasteiger partial charge >= 0.3 is 5.97 Å². The Bertz CT molecular complexity index is 657. The Kier molecular flexibility index (Phi) is 5.91. The fraction of sp³-hybridized carbons (Fsp3) is 0.500. The van der Waals surface area contributed by atoms with Crippen molar-refractivity contribution in [3.05, 3.63) is 24.0 Å². The largest absolute Gasteiger partial charge is 0.490 e. The molecule has 2 rings (SSSR count). The molecule has 0 aromatic heterocycles. The topological polar surface area (TPSA) is 102 Å². The summed E-state index contributed by atoms with van der Waals surface area (Å²) in [5, 5.41) is 8.49. The normalized spacial score (nSPS) is 18.0. The van der Waals surface area contributed by atoms with Crippen molar-refractivity contribution in [2.75, 3.05) is 26.4 Å². The molecule has 1 aliphatic heterocycles. The number of hydrogen-bond acceptors (Lipinski definition) is 5. The minimum atomic E-state index is -3.95. The van der Waals surface area contributed by atoms with Crippen LogP contribution in [-0.2, 0) is 19.6 Å². The van der Waals surface area contributed by atoms with Gasteiger partial charge in [0, 0.05) is 19.1 Å². The minimum absolute atomic E-state index is 0.0265. The van der Waals surface area contributed by atoms with Crippen molar-refractivity contribution in [1.29, 1.82) is 0 Å². The van der Waals surface area contributed by atoms with E-state index in [0.29, 0.717) is 19.8 Å². The molecule has 0 saturated carbocycles. The molecule has 2 N–H and O–H groups in total. The lowest BCUT2D eigenvalue weighted by molar-refractivity contribution is -0.136. The number of ether oxygens (including phenoxy) is 2. The lowest BCUT2D eigenvalue weighted by Gasteiger charge is -2.12. The molecule has 128 valence electrons. The number of carboxylic acids is 1. The predicted octanol–water partition coefficient (Wildman–Crippen LogP) is 0.994. The van der Waals surface area contributed by atoms with Crippen LogP contribution in [0, 0.1) is 11.7 Å². The maximum absolute atomic E-state index is 14.0. The Balaban J connectivity index is 1.98. The first kappa shape index (κ1) is 17.6. The summed E-state index contributed by atoms with van der Waals surface area (Å²) in [5.74, 6) is -1.74. The van der Waals surface area contributed by atoms with Crippen LogP contribution in [0.4, 0.5) is 4.39 Å².